The lowest BCUT2D eigenvalue weighted by Crippen LogP contribution is -2.02. The van der Waals surface area contributed by atoms with Crippen molar-refractivity contribution >= 4 is 11.7 Å². The highest BCUT2D eigenvalue weighted by Crippen LogP contribution is 2.31. The summed E-state index contributed by atoms with van der Waals surface area (Å²) in [6.07, 6.45) is 0. The van der Waals surface area contributed by atoms with E-state index in [4.69, 9.17) is 9.84 Å². The SMILES string of the molecule is COc1ccc(-c2ccc(C(=O)O)c([N+](=O)[O-])c2)c(C)c1. The fourth-order valence-corrected chi connectivity index (χ4v) is 2.12. The van der Waals surface area contributed by atoms with Crippen molar-refractivity contribution in [1.82, 2.24) is 0 Å². The van der Waals surface area contributed by atoms with Crippen LogP contribution in [0.3, 0.4) is 0 Å². The molecule has 6 nitrogen and oxygen atoms in total. The number of rotatable bonds is 4. The Morgan fingerprint density at radius 2 is 1.95 bits per heavy atom. The standard InChI is InChI=1S/C15H13NO5/c1-9-7-11(21-2)4-6-12(9)10-3-5-13(15(17)18)14(8-10)16(19)20/h3-8H,1-2H3,(H,17,18). The number of ether oxygens (including phenoxy) is 1. The van der Waals surface area contributed by atoms with E-state index in [0.717, 1.165) is 11.1 Å². The van der Waals surface area contributed by atoms with E-state index in [0.29, 0.717) is 11.3 Å². The van der Waals surface area contributed by atoms with Gasteiger partial charge in [0.25, 0.3) is 5.69 Å². The van der Waals surface area contributed by atoms with Crippen molar-refractivity contribution in [3.05, 3.63) is 57.6 Å². The smallest absolute Gasteiger partial charge is 0.342 e. The van der Waals surface area contributed by atoms with Crippen LogP contribution in [0.2, 0.25) is 0 Å². The predicted octanol–water partition coefficient (Wildman–Crippen LogP) is 3.28. The molecule has 0 spiro atoms. The van der Waals surface area contributed by atoms with Crippen LogP contribution in [0.4, 0.5) is 5.69 Å². The molecule has 2 rings (SSSR count). The van der Waals surface area contributed by atoms with Crippen molar-refractivity contribution in [2.24, 2.45) is 0 Å². The Kier molecular flexibility index (Phi) is 3.89. The first kappa shape index (κ1) is 14.5. The molecule has 0 fully saturated rings. The number of hydrogen-bond acceptors (Lipinski definition) is 4. The topological polar surface area (TPSA) is 89.7 Å². The van der Waals surface area contributed by atoms with Crippen LogP contribution in [-0.2, 0) is 0 Å². The highest BCUT2D eigenvalue weighted by Gasteiger charge is 2.20. The van der Waals surface area contributed by atoms with E-state index in [1.165, 1.54) is 12.1 Å². The average molecular weight is 287 g/mol. The van der Waals surface area contributed by atoms with Crippen molar-refractivity contribution in [2.75, 3.05) is 7.11 Å². The Morgan fingerprint density at radius 1 is 1.24 bits per heavy atom. The van der Waals surface area contributed by atoms with E-state index >= 15 is 0 Å². The number of aromatic carboxylic acids is 1. The Labute approximate surface area is 120 Å². The summed E-state index contributed by atoms with van der Waals surface area (Å²) in [7, 11) is 1.56. The molecule has 0 aliphatic rings. The maximum atomic E-state index is 11.0. The van der Waals surface area contributed by atoms with E-state index in [2.05, 4.69) is 0 Å². The summed E-state index contributed by atoms with van der Waals surface area (Å²) >= 11 is 0. The van der Waals surface area contributed by atoms with Gasteiger partial charge in [0, 0.05) is 6.07 Å². The van der Waals surface area contributed by atoms with E-state index in [-0.39, 0.29) is 5.56 Å². The van der Waals surface area contributed by atoms with Gasteiger partial charge in [-0.05, 0) is 41.8 Å². The second-order valence-electron chi connectivity index (χ2n) is 4.48. The molecular weight excluding hydrogens is 274 g/mol. The largest absolute Gasteiger partial charge is 0.497 e. The number of benzene rings is 2. The zero-order chi connectivity index (χ0) is 15.6. The number of nitro groups is 1. The summed E-state index contributed by atoms with van der Waals surface area (Å²) < 4.78 is 5.11. The van der Waals surface area contributed by atoms with Gasteiger partial charge in [-0.1, -0.05) is 12.1 Å². The first-order valence-corrected chi connectivity index (χ1v) is 6.10. The van der Waals surface area contributed by atoms with E-state index in [9.17, 15) is 14.9 Å². The summed E-state index contributed by atoms with van der Waals surface area (Å²) in [6.45, 7) is 1.86. The Bertz CT molecular complexity index is 724. The van der Waals surface area contributed by atoms with Gasteiger partial charge in [0.1, 0.15) is 11.3 Å². The monoisotopic (exact) mass is 287 g/mol. The molecule has 0 aliphatic carbocycles. The molecule has 0 unspecified atom stereocenters. The molecule has 0 aliphatic heterocycles. The third kappa shape index (κ3) is 2.84. The average Bonchev–Trinajstić information content (AvgIpc) is 2.46. The van der Waals surface area contributed by atoms with Crippen LogP contribution in [0.15, 0.2) is 36.4 Å². The van der Waals surface area contributed by atoms with Crippen LogP contribution in [0.1, 0.15) is 15.9 Å². The Balaban J connectivity index is 2.58. The molecular formula is C15H13NO5. The third-order valence-electron chi connectivity index (χ3n) is 3.17. The number of nitro benzene ring substituents is 1. The Morgan fingerprint density at radius 3 is 2.48 bits per heavy atom. The zero-order valence-electron chi connectivity index (χ0n) is 11.5. The van der Waals surface area contributed by atoms with E-state index in [1.54, 1.807) is 25.3 Å². The summed E-state index contributed by atoms with van der Waals surface area (Å²) in [5, 5.41) is 20.0. The maximum absolute atomic E-state index is 11.0. The minimum Gasteiger partial charge on any atom is -0.497 e. The number of carboxylic acid groups (broad SMARTS) is 1. The minimum absolute atomic E-state index is 0.324. The number of carbonyl (C=O) groups is 1. The Hall–Kier alpha value is -2.89. The molecule has 1 N–H and O–H groups in total. The lowest BCUT2D eigenvalue weighted by Gasteiger charge is -2.09. The highest BCUT2D eigenvalue weighted by molar-refractivity contribution is 5.93. The van der Waals surface area contributed by atoms with Gasteiger partial charge in [-0.2, -0.15) is 0 Å². The number of nitrogens with zero attached hydrogens (tertiary/aromatic N) is 1. The summed E-state index contributed by atoms with van der Waals surface area (Å²) in [6, 6.07) is 9.43. The molecule has 0 saturated heterocycles. The van der Waals surface area contributed by atoms with Gasteiger partial charge >= 0.3 is 5.97 Å². The van der Waals surface area contributed by atoms with Crippen LogP contribution in [0.5, 0.6) is 5.75 Å². The molecule has 0 amide bonds. The van der Waals surface area contributed by atoms with Crippen LogP contribution < -0.4 is 4.74 Å². The van der Waals surface area contributed by atoms with Crippen molar-refractivity contribution < 1.29 is 19.6 Å². The van der Waals surface area contributed by atoms with Gasteiger partial charge in [-0.3, -0.25) is 10.1 Å². The molecule has 0 heterocycles. The third-order valence-corrected chi connectivity index (χ3v) is 3.17. The fraction of sp³-hybridized carbons (Fsp3) is 0.133. The summed E-state index contributed by atoms with van der Waals surface area (Å²) in [4.78, 5) is 21.3. The van der Waals surface area contributed by atoms with Crippen molar-refractivity contribution in [2.45, 2.75) is 6.92 Å². The highest BCUT2D eigenvalue weighted by atomic mass is 16.6. The predicted molar refractivity (Wildman–Crippen MR) is 76.8 cm³/mol. The quantitative estimate of drug-likeness (QED) is 0.688. The number of hydrogen-bond donors (Lipinski definition) is 1. The minimum atomic E-state index is -1.32. The lowest BCUT2D eigenvalue weighted by molar-refractivity contribution is -0.385. The molecule has 108 valence electrons. The molecule has 0 radical (unpaired) electrons. The molecule has 0 saturated carbocycles. The molecule has 0 atom stereocenters. The maximum Gasteiger partial charge on any atom is 0.342 e. The first-order valence-electron chi connectivity index (χ1n) is 6.10. The summed E-state index contributed by atoms with van der Waals surface area (Å²) in [5.74, 6) is -0.632. The van der Waals surface area contributed by atoms with Crippen LogP contribution in [0.25, 0.3) is 11.1 Å². The van der Waals surface area contributed by atoms with Gasteiger partial charge in [-0.25, -0.2) is 4.79 Å². The van der Waals surface area contributed by atoms with Crippen LogP contribution in [-0.4, -0.2) is 23.1 Å². The second-order valence-corrected chi connectivity index (χ2v) is 4.48. The van der Waals surface area contributed by atoms with Crippen LogP contribution >= 0.6 is 0 Å². The molecule has 0 bridgehead atoms. The molecule has 21 heavy (non-hydrogen) atoms. The van der Waals surface area contributed by atoms with Crippen molar-refractivity contribution in [3.8, 4) is 16.9 Å². The van der Waals surface area contributed by atoms with Gasteiger partial charge in [-0.15, -0.1) is 0 Å². The van der Waals surface area contributed by atoms with Gasteiger partial charge in [0.05, 0.1) is 12.0 Å². The zero-order valence-corrected chi connectivity index (χ0v) is 11.5. The van der Waals surface area contributed by atoms with Gasteiger partial charge in [0.2, 0.25) is 0 Å². The molecule has 6 heteroatoms. The molecule has 2 aromatic carbocycles. The van der Waals surface area contributed by atoms with E-state index in [1.807, 2.05) is 13.0 Å². The fourth-order valence-electron chi connectivity index (χ4n) is 2.12. The lowest BCUT2D eigenvalue weighted by atomic mass is 9.98. The number of aryl methyl sites for hydroxylation is 1. The van der Waals surface area contributed by atoms with Gasteiger partial charge < -0.3 is 9.84 Å². The second kappa shape index (κ2) is 5.62. The summed E-state index contributed by atoms with van der Waals surface area (Å²) in [5.41, 5.74) is 1.51. The number of methoxy groups -OCH3 is 1. The number of carboxylic acids is 1. The molecule has 0 aromatic heterocycles. The molecule has 2 aromatic rings. The first-order chi connectivity index (χ1) is 9.93. The van der Waals surface area contributed by atoms with Crippen LogP contribution in [0, 0.1) is 17.0 Å². The normalized spacial score (nSPS) is 10.2. The van der Waals surface area contributed by atoms with E-state index < -0.39 is 16.6 Å². The van der Waals surface area contributed by atoms with Crippen molar-refractivity contribution in [3.63, 3.8) is 0 Å². The van der Waals surface area contributed by atoms with Gasteiger partial charge in [0.15, 0.2) is 0 Å². The van der Waals surface area contributed by atoms with Crippen molar-refractivity contribution in [1.29, 1.82) is 0 Å².